The second-order valence-corrected chi connectivity index (χ2v) is 6.94. The minimum atomic E-state index is -0.481. The number of rotatable bonds is 5. The molecule has 2 aromatic carbocycles. The summed E-state index contributed by atoms with van der Waals surface area (Å²) in [5, 5.41) is 0. The van der Waals surface area contributed by atoms with Gasteiger partial charge in [0.05, 0.1) is 13.0 Å². The SMILES string of the molecule is COc1cc(C(C)=O)ccc1OC(=O)C1CCCN(C(=O)c2ccc(F)cc2)C1. The summed E-state index contributed by atoms with van der Waals surface area (Å²) in [5.41, 5.74) is 0.831. The molecule has 0 saturated carbocycles. The molecule has 1 fully saturated rings. The van der Waals surface area contributed by atoms with Gasteiger partial charge in [0.1, 0.15) is 5.82 Å². The number of likely N-dealkylation sites (tertiary alicyclic amines) is 1. The van der Waals surface area contributed by atoms with Crippen LogP contribution in [0, 0.1) is 11.7 Å². The van der Waals surface area contributed by atoms with E-state index < -0.39 is 17.7 Å². The molecule has 0 radical (unpaired) electrons. The smallest absolute Gasteiger partial charge is 0.316 e. The number of carbonyl (C=O) groups excluding carboxylic acids is 3. The van der Waals surface area contributed by atoms with Crippen molar-refractivity contribution in [2.75, 3.05) is 20.2 Å². The Balaban J connectivity index is 1.69. The Kier molecular flexibility index (Phi) is 6.26. The van der Waals surface area contributed by atoms with E-state index in [9.17, 15) is 18.8 Å². The Labute approximate surface area is 168 Å². The van der Waals surface area contributed by atoms with Gasteiger partial charge >= 0.3 is 5.97 Å². The van der Waals surface area contributed by atoms with Crippen molar-refractivity contribution in [3.05, 3.63) is 59.4 Å². The lowest BCUT2D eigenvalue weighted by Crippen LogP contribution is -2.43. The van der Waals surface area contributed by atoms with Crippen LogP contribution in [0.5, 0.6) is 11.5 Å². The summed E-state index contributed by atoms with van der Waals surface area (Å²) in [6, 6.07) is 9.95. The van der Waals surface area contributed by atoms with Gasteiger partial charge in [-0.25, -0.2) is 4.39 Å². The molecular formula is C22H22FNO5. The first-order chi connectivity index (χ1) is 13.9. The van der Waals surface area contributed by atoms with Crippen molar-refractivity contribution in [3.8, 4) is 11.5 Å². The van der Waals surface area contributed by atoms with Gasteiger partial charge in [0, 0.05) is 24.2 Å². The summed E-state index contributed by atoms with van der Waals surface area (Å²) in [6.07, 6.45) is 1.26. The maximum atomic E-state index is 13.1. The van der Waals surface area contributed by atoms with E-state index in [1.807, 2.05) is 0 Å². The molecule has 0 spiro atoms. The van der Waals surface area contributed by atoms with Gasteiger partial charge in [-0.1, -0.05) is 0 Å². The van der Waals surface area contributed by atoms with Gasteiger partial charge in [-0.3, -0.25) is 14.4 Å². The van der Waals surface area contributed by atoms with Gasteiger partial charge in [0.15, 0.2) is 17.3 Å². The van der Waals surface area contributed by atoms with Gasteiger partial charge in [-0.15, -0.1) is 0 Å². The molecule has 1 unspecified atom stereocenters. The standard InChI is InChI=1S/C22H22FNO5/c1-14(25)16-7-10-19(20(12-16)28-2)29-22(27)17-4-3-11-24(13-17)21(26)15-5-8-18(23)9-6-15/h5-10,12,17H,3-4,11,13H2,1-2H3. The van der Waals surface area contributed by atoms with Crippen molar-refractivity contribution in [2.24, 2.45) is 5.92 Å². The first-order valence-corrected chi connectivity index (χ1v) is 9.34. The third-order valence-electron chi connectivity index (χ3n) is 4.91. The summed E-state index contributed by atoms with van der Waals surface area (Å²) in [5.74, 6) is -1.20. The maximum Gasteiger partial charge on any atom is 0.316 e. The van der Waals surface area contributed by atoms with Crippen LogP contribution in [0.1, 0.15) is 40.5 Å². The lowest BCUT2D eigenvalue weighted by Gasteiger charge is -2.31. The van der Waals surface area contributed by atoms with E-state index in [1.165, 1.54) is 50.4 Å². The van der Waals surface area contributed by atoms with Crippen LogP contribution < -0.4 is 9.47 Å². The second-order valence-electron chi connectivity index (χ2n) is 6.94. The van der Waals surface area contributed by atoms with Crippen LogP contribution in [0.4, 0.5) is 4.39 Å². The molecule has 152 valence electrons. The number of ketones is 1. The molecule has 1 heterocycles. The number of esters is 1. The van der Waals surface area contributed by atoms with Crippen LogP contribution in [0.2, 0.25) is 0 Å². The number of hydrogen-bond acceptors (Lipinski definition) is 5. The lowest BCUT2D eigenvalue weighted by molar-refractivity contribution is -0.140. The van der Waals surface area contributed by atoms with E-state index in [0.29, 0.717) is 36.3 Å². The van der Waals surface area contributed by atoms with Crippen molar-refractivity contribution < 1.29 is 28.2 Å². The minimum Gasteiger partial charge on any atom is -0.493 e. The highest BCUT2D eigenvalue weighted by atomic mass is 19.1. The number of carbonyl (C=O) groups is 3. The number of halogens is 1. The number of piperidine rings is 1. The van der Waals surface area contributed by atoms with E-state index in [1.54, 1.807) is 11.0 Å². The Morgan fingerprint density at radius 2 is 1.72 bits per heavy atom. The predicted molar refractivity (Wildman–Crippen MR) is 104 cm³/mol. The Morgan fingerprint density at radius 3 is 2.38 bits per heavy atom. The summed E-state index contributed by atoms with van der Waals surface area (Å²) < 4.78 is 23.8. The largest absolute Gasteiger partial charge is 0.493 e. The minimum absolute atomic E-state index is 0.122. The Morgan fingerprint density at radius 1 is 1.03 bits per heavy atom. The monoisotopic (exact) mass is 399 g/mol. The van der Waals surface area contributed by atoms with Crippen LogP contribution in [-0.4, -0.2) is 42.8 Å². The van der Waals surface area contributed by atoms with Gasteiger partial charge in [0.2, 0.25) is 0 Å². The van der Waals surface area contributed by atoms with Crippen molar-refractivity contribution in [1.82, 2.24) is 4.90 Å². The van der Waals surface area contributed by atoms with Crippen LogP contribution in [0.25, 0.3) is 0 Å². The lowest BCUT2D eigenvalue weighted by atomic mass is 9.97. The van der Waals surface area contributed by atoms with E-state index >= 15 is 0 Å². The molecular weight excluding hydrogens is 377 g/mol. The molecule has 0 bridgehead atoms. The summed E-state index contributed by atoms with van der Waals surface area (Å²) in [7, 11) is 1.43. The molecule has 6 nitrogen and oxygen atoms in total. The summed E-state index contributed by atoms with van der Waals surface area (Å²) in [6.45, 7) is 2.19. The molecule has 0 aliphatic carbocycles. The second kappa shape index (κ2) is 8.86. The number of hydrogen-bond donors (Lipinski definition) is 0. The normalized spacial score (nSPS) is 16.2. The van der Waals surface area contributed by atoms with Crippen LogP contribution in [0.15, 0.2) is 42.5 Å². The molecule has 1 aliphatic rings. The Hall–Kier alpha value is -3.22. The number of ether oxygens (including phenoxy) is 2. The number of amides is 1. The van der Waals surface area contributed by atoms with Gasteiger partial charge in [-0.05, 0) is 62.2 Å². The van der Waals surface area contributed by atoms with Crippen molar-refractivity contribution in [2.45, 2.75) is 19.8 Å². The molecule has 1 atom stereocenters. The zero-order valence-electron chi connectivity index (χ0n) is 16.3. The molecule has 2 aromatic rings. The van der Waals surface area contributed by atoms with Gasteiger partial charge in [0.25, 0.3) is 5.91 Å². The zero-order chi connectivity index (χ0) is 21.0. The van der Waals surface area contributed by atoms with E-state index in [-0.39, 0.29) is 24.0 Å². The van der Waals surface area contributed by atoms with E-state index in [2.05, 4.69) is 0 Å². The Bertz CT molecular complexity index is 925. The molecule has 1 saturated heterocycles. The summed E-state index contributed by atoms with van der Waals surface area (Å²) >= 11 is 0. The fraction of sp³-hybridized carbons (Fsp3) is 0.318. The maximum absolute atomic E-state index is 13.1. The van der Waals surface area contributed by atoms with Crippen molar-refractivity contribution >= 4 is 17.7 Å². The number of nitrogens with zero attached hydrogens (tertiary/aromatic N) is 1. The average molecular weight is 399 g/mol. The van der Waals surface area contributed by atoms with Gasteiger partial charge in [-0.2, -0.15) is 0 Å². The first kappa shape index (κ1) is 20.5. The van der Waals surface area contributed by atoms with E-state index in [0.717, 1.165) is 0 Å². The van der Waals surface area contributed by atoms with E-state index in [4.69, 9.17) is 9.47 Å². The predicted octanol–water partition coefficient (Wildman–Crippen LogP) is 3.49. The molecule has 3 rings (SSSR count). The average Bonchev–Trinajstić information content (AvgIpc) is 2.74. The third-order valence-corrected chi connectivity index (χ3v) is 4.91. The molecule has 0 aromatic heterocycles. The first-order valence-electron chi connectivity index (χ1n) is 9.34. The third kappa shape index (κ3) is 4.80. The number of Topliss-reactive ketones (excluding diaryl/α,β-unsaturated/α-hetero) is 1. The molecule has 1 aliphatic heterocycles. The fourth-order valence-electron chi connectivity index (χ4n) is 3.29. The molecule has 0 N–H and O–H groups in total. The highest BCUT2D eigenvalue weighted by Gasteiger charge is 2.30. The highest BCUT2D eigenvalue weighted by Crippen LogP contribution is 2.30. The highest BCUT2D eigenvalue weighted by molar-refractivity contribution is 5.95. The number of benzene rings is 2. The van der Waals surface area contributed by atoms with Crippen molar-refractivity contribution in [3.63, 3.8) is 0 Å². The number of methoxy groups -OCH3 is 1. The van der Waals surface area contributed by atoms with Crippen molar-refractivity contribution in [1.29, 1.82) is 0 Å². The molecule has 7 heteroatoms. The molecule has 29 heavy (non-hydrogen) atoms. The summed E-state index contributed by atoms with van der Waals surface area (Å²) in [4.78, 5) is 38.4. The van der Waals surface area contributed by atoms with Crippen LogP contribution in [-0.2, 0) is 4.79 Å². The topological polar surface area (TPSA) is 72.9 Å². The van der Waals surface area contributed by atoms with Crippen LogP contribution >= 0.6 is 0 Å². The van der Waals surface area contributed by atoms with Crippen LogP contribution in [0.3, 0.4) is 0 Å². The fourth-order valence-corrected chi connectivity index (χ4v) is 3.29. The van der Waals surface area contributed by atoms with Gasteiger partial charge < -0.3 is 14.4 Å². The molecule has 1 amide bonds. The quantitative estimate of drug-likeness (QED) is 0.437. The zero-order valence-corrected chi connectivity index (χ0v) is 16.3.